The molecular weight excluding hydrogens is 364 g/mol. The van der Waals surface area contributed by atoms with Crippen molar-refractivity contribution in [1.82, 2.24) is 10.2 Å². The topological polar surface area (TPSA) is 50.8 Å². The van der Waals surface area contributed by atoms with Gasteiger partial charge in [0.15, 0.2) is 0 Å². The molecule has 2 aromatic carbocycles. The van der Waals surface area contributed by atoms with Crippen LogP contribution in [0.4, 0.5) is 0 Å². The maximum Gasteiger partial charge on any atom is 0.251 e. The molecule has 0 spiro atoms. The molecule has 5 heteroatoms. The lowest BCUT2D eigenvalue weighted by atomic mass is 9.99. The molecule has 29 heavy (non-hydrogen) atoms. The Balaban J connectivity index is 1.45. The highest BCUT2D eigenvalue weighted by molar-refractivity contribution is 5.94. The number of nitrogens with one attached hydrogen (secondary N) is 1. The van der Waals surface area contributed by atoms with Crippen LogP contribution in [-0.4, -0.2) is 43.7 Å². The molecule has 5 nitrogen and oxygen atoms in total. The van der Waals surface area contributed by atoms with Crippen molar-refractivity contribution in [3.05, 3.63) is 59.7 Å². The quantitative estimate of drug-likeness (QED) is 0.729. The Morgan fingerprint density at radius 1 is 1.14 bits per heavy atom. The van der Waals surface area contributed by atoms with Crippen LogP contribution in [0.15, 0.2) is 48.5 Å². The van der Waals surface area contributed by atoms with Gasteiger partial charge in [-0.15, -0.1) is 0 Å². The fraction of sp³-hybridized carbons (Fsp3) is 0.458. The summed E-state index contributed by atoms with van der Waals surface area (Å²) in [5.41, 5.74) is 1.93. The van der Waals surface area contributed by atoms with E-state index in [-0.39, 0.29) is 11.9 Å². The zero-order valence-electron chi connectivity index (χ0n) is 17.7. The van der Waals surface area contributed by atoms with Gasteiger partial charge in [-0.25, -0.2) is 0 Å². The van der Waals surface area contributed by atoms with E-state index in [0.29, 0.717) is 12.2 Å². The number of carbonyl (C=O) groups is 1. The van der Waals surface area contributed by atoms with Crippen molar-refractivity contribution in [2.24, 2.45) is 5.92 Å². The third-order valence-corrected chi connectivity index (χ3v) is 5.30. The predicted octanol–water partition coefficient (Wildman–Crippen LogP) is 4.12. The van der Waals surface area contributed by atoms with Crippen molar-refractivity contribution < 1.29 is 14.3 Å². The van der Waals surface area contributed by atoms with E-state index in [0.717, 1.165) is 37.1 Å². The molecule has 0 aliphatic carbocycles. The number of methoxy groups -OCH3 is 1. The second-order valence-corrected chi connectivity index (χ2v) is 8.04. The van der Waals surface area contributed by atoms with Crippen LogP contribution in [0.1, 0.15) is 42.6 Å². The molecule has 3 rings (SSSR count). The lowest BCUT2D eigenvalue weighted by Gasteiger charge is -2.30. The fourth-order valence-electron chi connectivity index (χ4n) is 3.69. The van der Waals surface area contributed by atoms with Crippen LogP contribution >= 0.6 is 0 Å². The number of hydrogen-bond donors (Lipinski definition) is 1. The van der Waals surface area contributed by atoms with E-state index in [4.69, 9.17) is 9.47 Å². The standard InChI is InChI=1S/C24H32N2O3/c1-18-5-4-14-26(15-18)16-20-6-8-21(9-7-20)24(27)25-19(2)17-29-23-12-10-22(28-3)11-13-23/h6-13,18-19H,4-5,14-17H2,1-3H3,(H,25,27)/t18-,19+/m1/s1. The van der Waals surface area contributed by atoms with Crippen LogP contribution in [0.2, 0.25) is 0 Å². The van der Waals surface area contributed by atoms with E-state index in [1.165, 1.54) is 18.4 Å². The highest BCUT2D eigenvalue weighted by atomic mass is 16.5. The number of amides is 1. The molecule has 0 saturated carbocycles. The zero-order chi connectivity index (χ0) is 20.6. The molecule has 156 valence electrons. The van der Waals surface area contributed by atoms with E-state index in [2.05, 4.69) is 29.3 Å². The van der Waals surface area contributed by atoms with Crippen LogP contribution in [0.25, 0.3) is 0 Å². The summed E-state index contributed by atoms with van der Waals surface area (Å²) in [5, 5.41) is 3.00. The molecular formula is C24H32N2O3. The second kappa shape index (κ2) is 10.3. The van der Waals surface area contributed by atoms with Crippen molar-refractivity contribution in [3.63, 3.8) is 0 Å². The van der Waals surface area contributed by atoms with Crippen LogP contribution in [0.3, 0.4) is 0 Å². The van der Waals surface area contributed by atoms with Gasteiger partial charge in [-0.3, -0.25) is 9.69 Å². The van der Waals surface area contributed by atoms with Crippen molar-refractivity contribution in [2.45, 2.75) is 39.3 Å². The molecule has 0 aromatic heterocycles. The largest absolute Gasteiger partial charge is 0.497 e. The fourth-order valence-corrected chi connectivity index (χ4v) is 3.69. The molecule has 1 aliphatic rings. The highest BCUT2D eigenvalue weighted by Crippen LogP contribution is 2.19. The SMILES string of the molecule is COc1ccc(OC[C@H](C)NC(=O)c2ccc(CN3CCC[C@@H](C)C3)cc2)cc1. The highest BCUT2D eigenvalue weighted by Gasteiger charge is 2.16. The number of benzene rings is 2. The van der Waals surface area contributed by atoms with Gasteiger partial charge in [-0.1, -0.05) is 19.1 Å². The third kappa shape index (κ3) is 6.50. The first kappa shape index (κ1) is 21.2. The summed E-state index contributed by atoms with van der Waals surface area (Å²) in [7, 11) is 1.63. The van der Waals surface area contributed by atoms with E-state index >= 15 is 0 Å². The minimum absolute atomic E-state index is 0.0750. The van der Waals surface area contributed by atoms with Gasteiger partial charge in [0.05, 0.1) is 13.2 Å². The summed E-state index contributed by atoms with van der Waals surface area (Å²) >= 11 is 0. The monoisotopic (exact) mass is 396 g/mol. The van der Waals surface area contributed by atoms with Gasteiger partial charge >= 0.3 is 0 Å². The van der Waals surface area contributed by atoms with Gasteiger partial charge in [-0.2, -0.15) is 0 Å². The molecule has 0 unspecified atom stereocenters. The average molecular weight is 397 g/mol. The number of hydrogen-bond acceptors (Lipinski definition) is 4. The lowest BCUT2D eigenvalue weighted by molar-refractivity contribution is 0.0926. The average Bonchev–Trinajstić information content (AvgIpc) is 2.73. The Hall–Kier alpha value is -2.53. The van der Waals surface area contributed by atoms with Crippen LogP contribution in [-0.2, 0) is 6.54 Å². The second-order valence-electron chi connectivity index (χ2n) is 8.04. The number of likely N-dealkylation sites (tertiary alicyclic amines) is 1. The number of nitrogens with zero attached hydrogens (tertiary/aromatic N) is 1. The van der Waals surface area contributed by atoms with Crippen molar-refractivity contribution in [1.29, 1.82) is 0 Å². The first-order chi connectivity index (χ1) is 14.0. The molecule has 1 fully saturated rings. The third-order valence-electron chi connectivity index (χ3n) is 5.30. The van der Waals surface area contributed by atoms with Crippen molar-refractivity contribution >= 4 is 5.91 Å². The van der Waals surface area contributed by atoms with Gasteiger partial charge in [0, 0.05) is 18.7 Å². The summed E-state index contributed by atoms with van der Waals surface area (Å²) in [5.74, 6) is 2.24. The first-order valence-corrected chi connectivity index (χ1v) is 10.4. The van der Waals surface area contributed by atoms with Gasteiger partial charge in [0.1, 0.15) is 18.1 Å². The Kier molecular flexibility index (Phi) is 7.53. The Morgan fingerprint density at radius 2 is 1.83 bits per heavy atom. The summed E-state index contributed by atoms with van der Waals surface area (Å²) in [6, 6.07) is 15.3. The smallest absolute Gasteiger partial charge is 0.251 e. The lowest BCUT2D eigenvalue weighted by Crippen LogP contribution is -2.36. The van der Waals surface area contributed by atoms with Gasteiger partial charge in [0.2, 0.25) is 0 Å². The molecule has 0 radical (unpaired) electrons. The summed E-state index contributed by atoms with van der Waals surface area (Å²) in [6.07, 6.45) is 2.61. The normalized spacial score (nSPS) is 18.1. The number of piperidine rings is 1. The summed E-state index contributed by atoms with van der Waals surface area (Å²) in [4.78, 5) is 15.0. The Labute approximate surface area is 174 Å². The van der Waals surface area contributed by atoms with E-state index in [1.807, 2.05) is 43.3 Å². The van der Waals surface area contributed by atoms with Crippen LogP contribution in [0.5, 0.6) is 11.5 Å². The Bertz CT molecular complexity index is 774. The predicted molar refractivity (Wildman–Crippen MR) is 116 cm³/mol. The maximum atomic E-state index is 12.5. The van der Waals surface area contributed by atoms with Crippen LogP contribution < -0.4 is 14.8 Å². The molecule has 1 N–H and O–H groups in total. The van der Waals surface area contributed by atoms with Crippen molar-refractivity contribution in [2.75, 3.05) is 26.8 Å². The van der Waals surface area contributed by atoms with Crippen LogP contribution in [0, 0.1) is 5.92 Å². The van der Waals surface area contributed by atoms with E-state index in [1.54, 1.807) is 7.11 Å². The molecule has 2 atom stereocenters. The van der Waals surface area contributed by atoms with Crippen molar-refractivity contribution in [3.8, 4) is 11.5 Å². The Morgan fingerprint density at radius 3 is 2.48 bits per heavy atom. The van der Waals surface area contributed by atoms with E-state index < -0.39 is 0 Å². The number of rotatable bonds is 8. The van der Waals surface area contributed by atoms with E-state index in [9.17, 15) is 4.79 Å². The molecule has 1 aliphatic heterocycles. The van der Waals surface area contributed by atoms with Gasteiger partial charge < -0.3 is 14.8 Å². The number of carbonyl (C=O) groups excluding carboxylic acids is 1. The molecule has 2 aromatic rings. The maximum absolute atomic E-state index is 12.5. The summed E-state index contributed by atoms with van der Waals surface area (Å²) in [6.45, 7) is 7.94. The summed E-state index contributed by atoms with van der Waals surface area (Å²) < 4.78 is 10.9. The molecule has 1 heterocycles. The molecule has 1 saturated heterocycles. The minimum Gasteiger partial charge on any atom is -0.497 e. The van der Waals surface area contributed by atoms with Gasteiger partial charge in [0.25, 0.3) is 5.91 Å². The molecule has 0 bridgehead atoms. The minimum atomic E-state index is -0.0980. The number of ether oxygens (including phenoxy) is 2. The first-order valence-electron chi connectivity index (χ1n) is 10.4. The zero-order valence-corrected chi connectivity index (χ0v) is 17.7. The molecule has 1 amide bonds. The van der Waals surface area contributed by atoms with Gasteiger partial charge in [-0.05, 0) is 74.2 Å².